The summed E-state index contributed by atoms with van der Waals surface area (Å²) in [6, 6.07) is 0. The lowest BCUT2D eigenvalue weighted by atomic mass is 9.86. The van der Waals surface area contributed by atoms with Crippen molar-refractivity contribution in [1.29, 1.82) is 0 Å². The predicted octanol–water partition coefficient (Wildman–Crippen LogP) is -0.781. The fourth-order valence-corrected chi connectivity index (χ4v) is 0.962. The van der Waals surface area contributed by atoms with Gasteiger partial charge in [0.05, 0.1) is 18.8 Å². The lowest BCUT2D eigenvalue weighted by Gasteiger charge is -1.99. The molecule has 1 saturated heterocycles. The first kappa shape index (κ1) is 6.76. The fraction of sp³-hybridized carbons (Fsp3) is 0.333. The molecule has 2 heterocycles. The van der Waals surface area contributed by atoms with Crippen LogP contribution in [0.3, 0.4) is 0 Å². The summed E-state index contributed by atoms with van der Waals surface area (Å²) in [4.78, 5) is 7.96. The molecule has 0 spiro atoms. The zero-order valence-corrected chi connectivity index (χ0v) is 5.93. The first-order valence-electron chi connectivity index (χ1n) is 3.46. The maximum atomic E-state index is 5.21. The molecule has 1 aromatic rings. The minimum absolute atomic E-state index is 0.302. The quantitative estimate of drug-likeness (QED) is 0.492. The highest BCUT2D eigenvalue weighted by Gasteiger charge is 2.27. The summed E-state index contributed by atoms with van der Waals surface area (Å²) >= 11 is 0. The molecular formula is C6H7BN2O2. The van der Waals surface area contributed by atoms with E-state index in [0.29, 0.717) is 13.2 Å². The molecule has 2 rings (SSSR count). The molecule has 0 amide bonds. The zero-order valence-electron chi connectivity index (χ0n) is 5.93. The van der Waals surface area contributed by atoms with Gasteiger partial charge in [-0.3, -0.25) is 9.97 Å². The molecule has 56 valence electrons. The Morgan fingerprint density at radius 2 is 2.09 bits per heavy atom. The first-order chi connectivity index (χ1) is 5.47. The standard InChI is InChI=1S/C6H7BN2O2/c1-2-9-6(5-8-1)7-10-3-4-11-7/h1-2,5H,3-4H2. The van der Waals surface area contributed by atoms with Crippen molar-refractivity contribution in [2.24, 2.45) is 0 Å². The van der Waals surface area contributed by atoms with E-state index in [-0.39, 0.29) is 7.12 Å². The van der Waals surface area contributed by atoms with Gasteiger partial charge < -0.3 is 9.31 Å². The van der Waals surface area contributed by atoms with Gasteiger partial charge in [-0.05, 0) is 0 Å². The molecule has 0 aliphatic carbocycles. The molecule has 1 fully saturated rings. The minimum Gasteiger partial charge on any atom is -0.404 e. The van der Waals surface area contributed by atoms with Gasteiger partial charge in [-0.1, -0.05) is 0 Å². The molecule has 0 aromatic carbocycles. The Hall–Kier alpha value is -0.935. The van der Waals surface area contributed by atoms with Crippen molar-refractivity contribution >= 4 is 12.7 Å². The number of rotatable bonds is 1. The van der Waals surface area contributed by atoms with Gasteiger partial charge in [0.1, 0.15) is 0 Å². The van der Waals surface area contributed by atoms with Crippen LogP contribution in [-0.2, 0) is 9.31 Å². The second kappa shape index (κ2) is 2.98. The molecule has 1 aliphatic heterocycles. The summed E-state index contributed by atoms with van der Waals surface area (Å²) in [7, 11) is -0.302. The Morgan fingerprint density at radius 1 is 1.27 bits per heavy atom. The molecule has 11 heavy (non-hydrogen) atoms. The van der Waals surface area contributed by atoms with Gasteiger partial charge >= 0.3 is 7.12 Å². The Balaban J connectivity index is 2.16. The van der Waals surface area contributed by atoms with Crippen LogP contribution in [-0.4, -0.2) is 30.3 Å². The summed E-state index contributed by atoms with van der Waals surface area (Å²) in [6.07, 6.45) is 4.90. The van der Waals surface area contributed by atoms with Crippen LogP contribution in [0.5, 0.6) is 0 Å². The predicted molar refractivity (Wildman–Crippen MR) is 39.3 cm³/mol. The molecule has 0 unspecified atom stereocenters. The number of hydrogen-bond donors (Lipinski definition) is 0. The summed E-state index contributed by atoms with van der Waals surface area (Å²) < 4.78 is 10.4. The molecule has 0 N–H and O–H groups in total. The SMILES string of the molecule is c1cnc(B2OCCO2)cn1. The Bertz CT molecular complexity index is 225. The molecule has 0 atom stereocenters. The second-order valence-corrected chi connectivity index (χ2v) is 2.20. The van der Waals surface area contributed by atoms with Crippen LogP contribution in [0.25, 0.3) is 0 Å². The van der Waals surface area contributed by atoms with E-state index in [2.05, 4.69) is 9.97 Å². The molecule has 5 heteroatoms. The summed E-state index contributed by atoms with van der Waals surface area (Å²) in [6.45, 7) is 1.28. The third-order valence-corrected chi connectivity index (χ3v) is 1.45. The van der Waals surface area contributed by atoms with Gasteiger partial charge in [0.15, 0.2) is 0 Å². The molecule has 0 radical (unpaired) electrons. The van der Waals surface area contributed by atoms with E-state index in [1.165, 1.54) is 0 Å². The zero-order chi connectivity index (χ0) is 7.52. The summed E-state index contributed by atoms with van der Waals surface area (Å²) in [5.41, 5.74) is 0.741. The van der Waals surface area contributed by atoms with Gasteiger partial charge in [0.2, 0.25) is 0 Å². The van der Waals surface area contributed by atoms with Crippen LogP contribution in [0.2, 0.25) is 0 Å². The highest BCUT2D eigenvalue weighted by Crippen LogP contribution is 1.96. The third-order valence-electron chi connectivity index (χ3n) is 1.45. The Morgan fingerprint density at radius 3 is 2.73 bits per heavy atom. The van der Waals surface area contributed by atoms with E-state index in [1.807, 2.05) is 0 Å². The normalized spacial score (nSPS) is 17.3. The third kappa shape index (κ3) is 1.39. The number of hydrogen-bond acceptors (Lipinski definition) is 4. The molecule has 4 nitrogen and oxygen atoms in total. The minimum atomic E-state index is -0.302. The summed E-state index contributed by atoms with van der Waals surface area (Å²) in [5.74, 6) is 0. The van der Waals surface area contributed by atoms with Crippen molar-refractivity contribution in [3.63, 3.8) is 0 Å². The van der Waals surface area contributed by atoms with Gasteiger partial charge in [-0.25, -0.2) is 0 Å². The highest BCUT2D eigenvalue weighted by molar-refractivity contribution is 6.60. The van der Waals surface area contributed by atoms with E-state index in [0.717, 1.165) is 5.59 Å². The second-order valence-electron chi connectivity index (χ2n) is 2.20. The first-order valence-corrected chi connectivity index (χ1v) is 3.46. The Labute approximate surface area is 64.7 Å². The van der Waals surface area contributed by atoms with E-state index >= 15 is 0 Å². The van der Waals surface area contributed by atoms with Gasteiger partial charge in [0.25, 0.3) is 0 Å². The summed E-state index contributed by atoms with van der Waals surface area (Å²) in [5, 5.41) is 0. The van der Waals surface area contributed by atoms with E-state index < -0.39 is 0 Å². The molecular weight excluding hydrogens is 143 g/mol. The van der Waals surface area contributed by atoms with Crippen molar-refractivity contribution in [3.05, 3.63) is 18.6 Å². The van der Waals surface area contributed by atoms with Crippen molar-refractivity contribution in [2.75, 3.05) is 13.2 Å². The number of nitrogens with zero attached hydrogens (tertiary/aromatic N) is 2. The van der Waals surface area contributed by atoms with Crippen molar-refractivity contribution in [2.45, 2.75) is 0 Å². The molecule has 0 bridgehead atoms. The van der Waals surface area contributed by atoms with E-state index in [4.69, 9.17) is 9.31 Å². The molecule has 0 saturated carbocycles. The van der Waals surface area contributed by atoms with E-state index in [1.54, 1.807) is 18.6 Å². The fourth-order valence-electron chi connectivity index (χ4n) is 0.962. The molecule has 1 aliphatic rings. The van der Waals surface area contributed by atoms with Crippen molar-refractivity contribution < 1.29 is 9.31 Å². The Kier molecular flexibility index (Phi) is 1.83. The number of aromatic nitrogens is 2. The van der Waals surface area contributed by atoms with Crippen molar-refractivity contribution in [3.8, 4) is 0 Å². The van der Waals surface area contributed by atoms with Gasteiger partial charge in [-0.15, -0.1) is 0 Å². The van der Waals surface area contributed by atoms with Crippen LogP contribution in [0, 0.1) is 0 Å². The lowest BCUT2D eigenvalue weighted by molar-refractivity contribution is 0.365. The van der Waals surface area contributed by atoms with Crippen LogP contribution in [0.15, 0.2) is 18.6 Å². The topological polar surface area (TPSA) is 44.2 Å². The largest absolute Gasteiger partial charge is 0.515 e. The maximum Gasteiger partial charge on any atom is 0.515 e. The van der Waals surface area contributed by atoms with Crippen LogP contribution < -0.4 is 5.59 Å². The highest BCUT2D eigenvalue weighted by atomic mass is 16.6. The maximum absolute atomic E-state index is 5.21. The molecule has 1 aromatic heterocycles. The van der Waals surface area contributed by atoms with Gasteiger partial charge in [-0.2, -0.15) is 0 Å². The van der Waals surface area contributed by atoms with E-state index in [9.17, 15) is 0 Å². The lowest BCUT2D eigenvalue weighted by Crippen LogP contribution is -2.34. The monoisotopic (exact) mass is 150 g/mol. The average Bonchev–Trinajstić information content (AvgIpc) is 2.58. The van der Waals surface area contributed by atoms with Crippen molar-refractivity contribution in [1.82, 2.24) is 9.97 Å². The van der Waals surface area contributed by atoms with Gasteiger partial charge in [0, 0.05) is 18.6 Å². The smallest absolute Gasteiger partial charge is 0.404 e. The van der Waals surface area contributed by atoms with Crippen LogP contribution >= 0.6 is 0 Å². The van der Waals surface area contributed by atoms with Crippen LogP contribution in [0.4, 0.5) is 0 Å². The average molecular weight is 150 g/mol. The van der Waals surface area contributed by atoms with Crippen LogP contribution in [0.1, 0.15) is 0 Å².